The SMILES string of the molecule is COCC(=O)NCCCn1c(-c2ccc(OC(C)C)cc2)csc1=NC(=O)c1cnc(C)cn1. The van der Waals surface area contributed by atoms with E-state index in [2.05, 4.69) is 20.3 Å². The summed E-state index contributed by atoms with van der Waals surface area (Å²) >= 11 is 1.37. The molecule has 10 heteroatoms. The number of aromatic nitrogens is 3. The Bertz CT molecular complexity index is 1170. The van der Waals surface area contributed by atoms with Crippen molar-refractivity contribution in [2.45, 2.75) is 39.8 Å². The Morgan fingerprint density at radius 2 is 1.94 bits per heavy atom. The van der Waals surface area contributed by atoms with Crippen molar-refractivity contribution in [1.82, 2.24) is 19.9 Å². The number of hydrogen-bond donors (Lipinski definition) is 1. The Morgan fingerprint density at radius 1 is 1.18 bits per heavy atom. The van der Waals surface area contributed by atoms with Gasteiger partial charge in [0.2, 0.25) is 5.91 Å². The van der Waals surface area contributed by atoms with Crippen LogP contribution in [0.1, 0.15) is 36.5 Å². The molecule has 0 radical (unpaired) electrons. The normalized spacial score (nSPS) is 11.6. The van der Waals surface area contributed by atoms with Crippen LogP contribution in [0, 0.1) is 6.92 Å². The monoisotopic (exact) mass is 483 g/mol. The van der Waals surface area contributed by atoms with Crippen LogP contribution >= 0.6 is 11.3 Å². The van der Waals surface area contributed by atoms with Crippen molar-refractivity contribution in [1.29, 1.82) is 0 Å². The fraction of sp³-hybridized carbons (Fsp3) is 0.375. The van der Waals surface area contributed by atoms with E-state index >= 15 is 0 Å². The average Bonchev–Trinajstić information content (AvgIpc) is 3.19. The number of methoxy groups -OCH3 is 1. The second-order valence-electron chi connectivity index (χ2n) is 7.84. The molecular weight excluding hydrogens is 454 g/mol. The molecule has 180 valence electrons. The molecule has 1 N–H and O–H groups in total. The van der Waals surface area contributed by atoms with Gasteiger partial charge in [-0.2, -0.15) is 4.99 Å². The van der Waals surface area contributed by atoms with Crippen LogP contribution in [-0.4, -0.2) is 52.7 Å². The molecule has 3 rings (SSSR count). The minimum absolute atomic E-state index is 0.0221. The summed E-state index contributed by atoms with van der Waals surface area (Å²) in [6.45, 7) is 6.82. The van der Waals surface area contributed by atoms with Crippen molar-refractivity contribution in [2.75, 3.05) is 20.3 Å². The summed E-state index contributed by atoms with van der Waals surface area (Å²) in [7, 11) is 1.48. The van der Waals surface area contributed by atoms with Gasteiger partial charge in [0.1, 0.15) is 18.1 Å². The molecule has 2 amide bonds. The van der Waals surface area contributed by atoms with Crippen LogP contribution < -0.4 is 14.9 Å². The van der Waals surface area contributed by atoms with Crippen LogP contribution in [0.25, 0.3) is 11.3 Å². The predicted octanol–water partition coefficient (Wildman–Crippen LogP) is 3.00. The second kappa shape index (κ2) is 12.2. The zero-order valence-electron chi connectivity index (χ0n) is 19.8. The number of amides is 2. The molecule has 2 heterocycles. The lowest BCUT2D eigenvalue weighted by molar-refractivity contribution is -0.124. The first-order chi connectivity index (χ1) is 16.4. The van der Waals surface area contributed by atoms with E-state index in [9.17, 15) is 9.59 Å². The van der Waals surface area contributed by atoms with Crippen LogP contribution in [-0.2, 0) is 16.1 Å². The van der Waals surface area contributed by atoms with Crippen molar-refractivity contribution in [3.05, 3.63) is 58.2 Å². The number of aryl methyl sites for hydroxylation is 1. The Labute approximate surface area is 202 Å². The topological polar surface area (TPSA) is 108 Å². The van der Waals surface area contributed by atoms with E-state index in [1.54, 1.807) is 13.1 Å². The maximum Gasteiger partial charge on any atom is 0.299 e. The Morgan fingerprint density at radius 3 is 2.59 bits per heavy atom. The van der Waals surface area contributed by atoms with Gasteiger partial charge < -0.3 is 19.4 Å². The fourth-order valence-corrected chi connectivity index (χ4v) is 4.07. The molecular formula is C24H29N5O4S. The van der Waals surface area contributed by atoms with Crippen molar-refractivity contribution in [3.8, 4) is 17.0 Å². The maximum atomic E-state index is 12.7. The summed E-state index contributed by atoms with van der Waals surface area (Å²) in [5, 5.41) is 4.78. The van der Waals surface area contributed by atoms with Crippen LogP contribution in [0.5, 0.6) is 5.75 Å². The molecule has 0 aliphatic carbocycles. The average molecular weight is 484 g/mol. The van der Waals surface area contributed by atoms with Gasteiger partial charge in [-0.25, -0.2) is 4.98 Å². The third-order valence-electron chi connectivity index (χ3n) is 4.67. The first-order valence-electron chi connectivity index (χ1n) is 11.0. The highest BCUT2D eigenvalue weighted by Gasteiger charge is 2.12. The number of thiazole rings is 1. The molecule has 0 bridgehead atoms. The summed E-state index contributed by atoms with van der Waals surface area (Å²) < 4.78 is 12.6. The molecule has 9 nitrogen and oxygen atoms in total. The standard InChI is InChI=1S/C24H29N5O4S/c1-16(2)33-19-8-6-18(7-9-19)21-15-34-24(28-23(31)20-13-26-17(3)12-27-20)29(21)11-5-10-25-22(30)14-32-4/h6-9,12-13,15-16H,5,10-11,14H2,1-4H3,(H,25,30). The third kappa shape index (κ3) is 7.06. The second-order valence-corrected chi connectivity index (χ2v) is 8.68. The quantitative estimate of drug-likeness (QED) is 0.444. The molecule has 0 saturated heterocycles. The lowest BCUT2D eigenvalue weighted by Gasteiger charge is -2.12. The molecule has 0 saturated carbocycles. The van der Waals surface area contributed by atoms with Gasteiger partial charge in [-0.15, -0.1) is 11.3 Å². The van der Waals surface area contributed by atoms with Crippen molar-refractivity contribution < 1.29 is 19.1 Å². The third-order valence-corrected chi connectivity index (χ3v) is 5.54. The molecule has 0 unspecified atom stereocenters. The number of ether oxygens (including phenoxy) is 2. The molecule has 0 aliphatic heterocycles. The van der Waals surface area contributed by atoms with E-state index < -0.39 is 5.91 Å². The molecule has 0 spiro atoms. The van der Waals surface area contributed by atoms with Crippen molar-refractivity contribution in [3.63, 3.8) is 0 Å². The van der Waals surface area contributed by atoms with E-state index in [-0.39, 0.29) is 24.3 Å². The van der Waals surface area contributed by atoms with Crippen LogP contribution in [0.15, 0.2) is 47.0 Å². The number of nitrogens with zero attached hydrogens (tertiary/aromatic N) is 4. The van der Waals surface area contributed by atoms with E-state index in [1.165, 1.54) is 24.6 Å². The van der Waals surface area contributed by atoms with Gasteiger partial charge in [0.05, 0.1) is 23.7 Å². The largest absolute Gasteiger partial charge is 0.491 e. The van der Waals surface area contributed by atoms with Gasteiger partial charge in [0, 0.05) is 31.8 Å². The molecule has 0 atom stereocenters. The summed E-state index contributed by atoms with van der Waals surface area (Å²) in [6, 6.07) is 7.81. The number of carbonyl (C=O) groups is 2. The highest BCUT2D eigenvalue weighted by Crippen LogP contribution is 2.24. The number of carbonyl (C=O) groups excluding carboxylic acids is 2. The Balaban J connectivity index is 1.87. The number of benzene rings is 1. The molecule has 0 aliphatic rings. The van der Waals surface area contributed by atoms with Gasteiger partial charge in [-0.05, 0) is 57.0 Å². The summed E-state index contributed by atoms with van der Waals surface area (Å²) in [4.78, 5) is 37.5. The van der Waals surface area contributed by atoms with Crippen LogP contribution in [0.3, 0.4) is 0 Å². The first kappa shape index (κ1) is 25.3. The number of nitrogens with one attached hydrogen (secondary N) is 1. The zero-order valence-corrected chi connectivity index (χ0v) is 20.6. The highest BCUT2D eigenvalue weighted by molar-refractivity contribution is 7.07. The lowest BCUT2D eigenvalue weighted by Crippen LogP contribution is -2.29. The Hall–Kier alpha value is -3.37. The molecule has 34 heavy (non-hydrogen) atoms. The van der Waals surface area contributed by atoms with Gasteiger partial charge in [0.15, 0.2) is 4.80 Å². The van der Waals surface area contributed by atoms with Gasteiger partial charge >= 0.3 is 0 Å². The highest BCUT2D eigenvalue weighted by atomic mass is 32.1. The fourth-order valence-electron chi connectivity index (χ4n) is 3.14. The maximum absolute atomic E-state index is 12.7. The van der Waals surface area contributed by atoms with Crippen LogP contribution in [0.2, 0.25) is 0 Å². The van der Waals surface area contributed by atoms with Crippen LogP contribution in [0.4, 0.5) is 0 Å². The predicted molar refractivity (Wildman–Crippen MR) is 130 cm³/mol. The number of hydrogen-bond acceptors (Lipinski definition) is 7. The van der Waals surface area contributed by atoms with Gasteiger partial charge in [0.25, 0.3) is 5.91 Å². The van der Waals surface area contributed by atoms with Gasteiger partial charge in [-0.3, -0.25) is 14.6 Å². The van der Waals surface area contributed by atoms with E-state index in [4.69, 9.17) is 9.47 Å². The zero-order chi connectivity index (χ0) is 24.5. The molecule has 2 aromatic heterocycles. The summed E-state index contributed by atoms with van der Waals surface area (Å²) in [5.74, 6) is 0.167. The minimum atomic E-state index is -0.455. The molecule has 0 fully saturated rings. The summed E-state index contributed by atoms with van der Waals surface area (Å²) in [6.07, 6.45) is 3.71. The smallest absolute Gasteiger partial charge is 0.299 e. The molecule has 1 aromatic carbocycles. The first-order valence-corrected chi connectivity index (χ1v) is 11.8. The van der Waals surface area contributed by atoms with Crippen molar-refractivity contribution >= 4 is 23.2 Å². The Kier molecular flexibility index (Phi) is 9.06. The molecule has 3 aromatic rings. The van der Waals surface area contributed by atoms with Crippen molar-refractivity contribution in [2.24, 2.45) is 4.99 Å². The number of rotatable bonds is 10. The van der Waals surface area contributed by atoms with Gasteiger partial charge in [-0.1, -0.05) is 0 Å². The van der Waals surface area contributed by atoms with E-state index in [1.807, 2.05) is 48.1 Å². The minimum Gasteiger partial charge on any atom is -0.491 e. The summed E-state index contributed by atoms with van der Waals surface area (Å²) in [5.41, 5.74) is 2.81. The van der Waals surface area contributed by atoms with E-state index in [0.29, 0.717) is 24.3 Å². The van der Waals surface area contributed by atoms with E-state index in [0.717, 1.165) is 22.7 Å². The lowest BCUT2D eigenvalue weighted by atomic mass is 10.1.